The maximum absolute atomic E-state index is 12.0. The zero-order valence-electron chi connectivity index (χ0n) is 9.11. The molecule has 1 N–H and O–H groups in total. The fourth-order valence-electron chi connectivity index (χ4n) is 1.18. The molecule has 0 fully saturated rings. The van der Waals surface area contributed by atoms with E-state index >= 15 is 0 Å². The standard InChI is InChI=1S/C9H8BrClN2O2S3/c1-5-12-3-6(16-5)4-13-18(14,15)8-2-7(11)9(10)17-8/h2-3,13H,4H2,1H3. The third-order valence-electron chi connectivity index (χ3n) is 1.99. The molecule has 98 valence electrons. The summed E-state index contributed by atoms with van der Waals surface area (Å²) in [6.07, 6.45) is 1.67. The van der Waals surface area contributed by atoms with Crippen LogP contribution in [0.15, 0.2) is 20.3 Å². The zero-order chi connectivity index (χ0) is 13.3. The summed E-state index contributed by atoms with van der Waals surface area (Å²) < 4.78 is 27.3. The lowest BCUT2D eigenvalue weighted by Crippen LogP contribution is -2.21. The molecule has 0 unspecified atom stereocenters. The molecule has 0 radical (unpaired) electrons. The van der Waals surface area contributed by atoms with Crippen LogP contribution >= 0.6 is 50.2 Å². The van der Waals surface area contributed by atoms with Gasteiger partial charge in [-0.05, 0) is 28.9 Å². The molecule has 4 nitrogen and oxygen atoms in total. The van der Waals surface area contributed by atoms with Crippen LogP contribution in [0.2, 0.25) is 5.02 Å². The van der Waals surface area contributed by atoms with Crippen LogP contribution in [-0.4, -0.2) is 13.4 Å². The van der Waals surface area contributed by atoms with E-state index in [1.807, 2.05) is 6.92 Å². The number of thiophene rings is 1. The van der Waals surface area contributed by atoms with Gasteiger partial charge in [-0.25, -0.2) is 18.1 Å². The van der Waals surface area contributed by atoms with Crippen molar-refractivity contribution >= 4 is 60.2 Å². The van der Waals surface area contributed by atoms with E-state index in [9.17, 15) is 8.42 Å². The minimum atomic E-state index is -3.52. The SMILES string of the molecule is Cc1ncc(CNS(=O)(=O)c2cc(Cl)c(Br)s2)s1. The van der Waals surface area contributed by atoms with Crippen LogP contribution in [0.25, 0.3) is 0 Å². The van der Waals surface area contributed by atoms with Crippen molar-refractivity contribution < 1.29 is 8.42 Å². The van der Waals surface area contributed by atoms with Gasteiger partial charge in [0.2, 0.25) is 10.0 Å². The Morgan fingerprint density at radius 3 is 2.72 bits per heavy atom. The number of hydrogen-bond acceptors (Lipinski definition) is 5. The van der Waals surface area contributed by atoms with E-state index in [0.717, 1.165) is 21.2 Å². The first kappa shape index (κ1) is 14.4. The van der Waals surface area contributed by atoms with E-state index in [-0.39, 0.29) is 10.8 Å². The Morgan fingerprint density at radius 2 is 2.22 bits per heavy atom. The summed E-state index contributed by atoms with van der Waals surface area (Å²) in [5, 5.41) is 1.31. The van der Waals surface area contributed by atoms with Gasteiger partial charge in [0.05, 0.1) is 13.8 Å². The molecule has 2 heterocycles. The van der Waals surface area contributed by atoms with E-state index < -0.39 is 10.0 Å². The van der Waals surface area contributed by atoms with Gasteiger partial charge in [0.25, 0.3) is 0 Å². The minimum Gasteiger partial charge on any atom is -0.250 e. The van der Waals surface area contributed by atoms with Crippen molar-refractivity contribution in [2.75, 3.05) is 0 Å². The van der Waals surface area contributed by atoms with Gasteiger partial charge in [-0.15, -0.1) is 22.7 Å². The predicted octanol–water partition coefficient (Wildman–Crippen LogP) is 3.41. The van der Waals surface area contributed by atoms with Crippen LogP contribution in [0.3, 0.4) is 0 Å². The van der Waals surface area contributed by atoms with Gasteiger partial charge >= 0.3 is 0 Å². The molecule has 9 heteroatoms. The number of aryl methyl sites for hydroxylation is 1. The molecule has 0 amide bonds. The normalized spacial score (nSPS) is 11.9. The summed E-state index contributed by atoms with van der Waals surface area (Å²) in [5.41, 5.74) is 0. The summed E-state index contributed by atoms with van der Waals surface area (Å²) in [4.78, 5) is 4.94. The Hall–Kier alpha value is 0.01000. The van der Waals surface area contributed by atoms with E-state index in [4.69, 9.17) is 11.6 Å². The molecule has 2 aromatic heterocycles. The van der Waals surface area contributed by atoms with Gasteiger partial charge in [-0.2, -0.15) is 0 Å². The fraction of sp³-hybridized carbons (Fsp3) is 0.222. The van der Waals surface area contributed by atoms with Crippen LogP contribution in [0.1, 0.15) is 9.88 Å². The molecule has 0 aliphatic heterocycles. The van der Waals surface area contributed by atoms with Gasteiger partial charge in [0.15, 0.2) is 0 Å². The van der Waals surface area contributed by atoms with E-state index in [1.54, 1.807) is 6.20 Å². The smallest absolute Gasteiger partial charge is 0.250 e. The van der Waals surface area contributed by atoms with Gasteiger partial charge in [0.1, 0.15) is 4.21 Å². The third-order valence-corrected chi connectivity index (χ3v) is 7.26. The monoisotopic (exact) mass is 386 g/mol. The first-order valence-corrected chi connectivity index (χ1v) is 9.03. The van der Waals surface area contributed by atoms with Crippen molar-refractivity contribution in [1.29, 1.82) is 0 Å². The summed E-state index contributed by atoms with van der Waals surface area (Å²) in [5.74, 6) is 0. The summed E-state index contributed by atoms with van der Waals surface area (Å²) in [6, 6.07) is 1.43. The quantitative estimate of drug-likeness (QED) is 0.874. The first-order chi connectivity index (χ1) is 8.38. The molecule has 0 bridgehead atoms. The largest absolute Gasteiger partial charge is 0.250 e. The van der Waals surface area contributed by atoms with E-state index in [0.29, 0.717) is 8.81 Å². The van der Waals surface area contributed by atoms with Crippen LogP contribution < -0.4 is 4.72 Å². The topological polar surface area (TPSA) is 59.1 Å². The number of halogens is 2. The molecular formula is C9H8BrClN2O2S3. The Labute approximate surface area is 126 Å². The van der Waals surface area contributed by atoms with Gasteiger partial charge in [-0.3, -0.25) is 0 Å². The van der Waals surface area contributed by atoms with Gasteiger partial charge in [-0.1, -0.05) is 11.6 Å². The predicted molar refractivity (Wildman–Crippen MR) is 77.9 cm³/mol. The minimum absolute atomic E-state index is 0.195. The highest BCUT2D eigenvalue weighted by molar-refractivity contribution is 9.11. The molecule has 2 aromatic rings. The molecule has 2 rings (SSSR count). The van der Waals surface area contributed by atoms with E-state index in [1.165, 1.54) is 17.4 Å². The highest BCUT2D eigenvalue weighted by Crippen LogP contribution is 2.34. The molecule has 0 aliphatic carbocycles. The summed E-state index contributed by atoms with van der Waals surface area (Å²) in [7, 11) is -3.52. The molecule has 18 heavy (non-hydrogen) atoms. The number of hydrogen-bond donors (Lipinski definition) is 1. The number of rotatable bonds is 4. The maximum Gasteiger partial charge on any atom is 0.250 e. The highest BCUT2D eigenvalue weighted by atomic mass is 79.9. The molecule has 0 atom stereocenters. The number of nitrogens with zero attached hydrogens (tertiary/aromatic N) is 1. The van der Waals surface area contributed by atoms with E-state index in [2.05, 4.69) is 25.6 Å². The summed E-state index contributed by atoms with van der Waals surface area (Å²) >= 11 is 11.6. The molecular weight excluding hydrogens is 380 g/mol. The average Bonchev–Trinajstić information content (AvgIpc) is 2.84. The second kappa shape index (κ2) is 5.56. The van der Waals surface area contributed by atoms with Crippen molar-refractivity contribution in [3.8, 4) is 0 Å². The maximum atomic E-state index is 12.0. The lowest BCUT2D eigenvalue weighted by molar-refractivity contribution is 0.584. The Morgan fingerprint density at radius 1 is 1.50 bits per heavy atom. The lowest BCUT2D eigenvalue weighted by atomic mass is 10.6. The molecule has 0 saturated heterocycles. The number of aromatic nitrogens is 1. The van der Waals surface area contributed by atoms with Crippen LogP contribution in [0.5, 0.6) is 0 Å². The number of nitrogens with one attached hydrogen (secondary N) is 1. The lowest BCUT2D eigenvalue weighted by Gasteiger charge is -2.01. The second-order valence-electron chi connectivity index (χ2n) is 3.36. The van der Waals surface area contributed by atoms with Gasteiger partial charge < -0.3 is 0 Å². The number of thiazole rings is 1. The van der Waals surface area contributed by atoms with Crippen molar-refractivity contribution in [3.05, 3.63) is 31.0 Å². The first-order valence-electron chi connectivity index (χ1n) is 4.74. The van der Waals surface area contributed by atoms with Gasteiger partial charge in [0, 0.05) is 17.6 Å². The van der Waals surface area contributed by atoms with Crippen molar-refractivity contribution in [3.63, 3.8) is 0 Å². The third kappa shape index (κ3) is 3.31. The molecule has 0 aromatic carbocycles. The molecule has 0 spiro atoms. The Kier molecular flexibility index (Phi) is 4.45. The second-order valence-corrected chi connectivity index (χ2v) is 9.45. The van der Waals surface area contributed by atoms with Crippen LogP contribution in [-0.2, 0) is 16.6 Å². The molecule has 0 saturated carbocycles. The van der Waals surface area contributed by atoms with Crippen molar-refractivity contribution in [1.82, 2.24) is 9.71 Å². The zero-order valence-corrected chi connectivity index (χ0v) is 13.9. The Balaban J connectivity index is 2.12. The van der Waals surface area contributed by atoms with Crippen molar-refractivity contribution in [2.45, 2.75) is 17.7 Å². The molecule has 0 aliphatic rings. The van der Waals surface area contributed by atoms with Crippen LogP contribution in [0, 0.1) is 6.92 Å². The van der Waals surface area contributed by atoms with Crippen LogP contribution in [0.4, 0.5) is 0 Å². The average molecular weight is 388 g/mol. The van der Waals surface area contributed by atoms with Crippen molar-refractivity contribution in [2.24, 2.45) is 0 Å². The number of sulfonamides is 1. The highest BCUT2D eigenvalue weighted by Gasteiger charge is 2.18. The Bertz CT molecular complexity index is 646. The fourth-order valence-corrected chi connectivity index (χ4v) is 5.46. The summed E-state index contributed by atoms with van der Waals surface area (Å²) in [6.45, 7) is 2.11.